The highest BCUT2D eigenvalue weighted by molar-refractivity contribution is 7.17. The molecular formula is C11H10ClF3N4O2S. The maximum absolute atomic E-state index is 12.6. The molecule has 0 spiro atoms. The van der Waals surface area contributed by atoms with Crippen molar-refractivity contribution in [2.45, 2.75) is 12.7 Å². The molecule has 6 nitrogen and oxygen atoms in total. The SMILES string of the molecule is Cn1c(C(F)(F)F)nn(CCNC(=O)c2ccc(Cl)s2)c1=O. The fourth-order valence-electron chi connectivity index (χ4n) is 1.68. The zero-order valence-electron chi connectivity index (χ0n) is 11.1. The van der Waals surface area contributed by atoms with Crippen molar-refractivity contribution in [3.63, 3.8) is 0 Å². The van der Waals surface area contributed by atoms with Crippen LogP contribution < -0.4 is 11.0 Å². The van der Waals surface area contributed by atoms with Crippen LogP contribution in [0.5, 0.6) is 0 Å². The first-order valence-electron chi connectivity index (χ1n) is 5.94. The molecule has 0 bridgehead atoms. The molecule has 0 unspecified atom stereocenters. The van der Waals surface area contributed by atoms with Crippen molar-refractivity contribution in [2.75, 3.05) is 6.54 Å². The number of alkyl halides is 3. The highest BCUT2D eigenvalue weighted by atomic mass is 35.5. The van der Waals surface area contributed by atoms with Gasteiger partial charge < -0.3 is 5.32 Å². The molecule has 11 heteroatoms. The summed E-state index contributed by atoms with van der Waals surface area (Å²) in [6.07, 6.45) is -4.71. The van der Waals surface area contributed by atoms with Gasteiger partial charge in [-0.1, -0.05) is 11.6 Å². The summed E-state index contributed by atoms with van der Waals surface area (Å²) in [4.78, 5) is 23.7. The number of nitrogens with zero attached hydrogens (tertiary/aromatic N) is 3. The maximum atomic E-state index is 12.6. The number of thiophene rings is 1. The Morgan fingerprint density at radius 3 is 2.64 bits per heavy atom. The second-order valence-electron chi connectivity index (χ2n) is 4.25. The van der Waals surface area contributed by atoms with Crippen molar-refractivity contribution < 1.29 is 18.0 Å². The van der Waals surface area contributed by atoms with E-state index in [1.165, 1.54) is 6.07 Å². The van der Waals surface area contributed by atoms with Crippen LogP contribution in [0.1, 0.15) is 15.5 Å². The number of hydrogen-bond acceptors (Lipinski definition) is 4. The lowest BCUT2D eigenvalue weighted by Crippen LogP contribution is -2.31. The lowest BCUT2D eigenvalue weighted by molar-refractivity contribution is -0.147. The standard InChI is InChI=1S/C11H10ClF3N4O2S/c1-18-9(11(13,14)15)17-19(10(18)21)5-4-16-8(20)6-2-3-7(12)22-6/h2-3H,4-5H2,1H3,(H,16,20). The molecule has 2 heterocycles. The van der Waals surface area contributed by atoms with Crippen LogP contribution >= 0.6 is 22.9 Å². The molecule has 1 N–H and O–H groups in total. The van der Waals surface area contributed by atoms with Crippen molar-refractivity contribution in [3.05, 3.63) is 37.7 Å². The number of nitrogens with one attached hydrogen (secondary N) is 1. The molecule has 2 aromatic heterocycles. The van der Waals surface area contributed by atoms with E-state index in [1.807, 2.05) is 0 Å². The summed E-state index contributed by atoms with van der Waals surface area (Å²) < 4.78 is 39.3. The van der Waals surface area contributed by atoms with E-state index in [1.54, 1.807) is 6.07 Å². The Kier molecular flexibility index (Phi) is 4.61. The number of carbonyl (C=O) groups excluding carboxylic acids is 1. The number of amides is 1. The minimum Gasteiger partial charge on any atom is -0.349 e. The largest absolute Gasteiger partial charge is 0.451 e. The van der Waals surface area contributed by atoms with Crippen LogP contribution in [0.2, 0.25) is 4.34 Å². The van der Waals surface area contributed by atoms with Gasteiger partial charge in [0, 0.05) is 13.6 Å². The van der Waals surface area contributed by atoms with Gasteiger partial charge >= 0.3 is 11.9 Å². The summed E-state index contributed by atoms with van der Waals surface area (Å²) in [7, 11) is 0.987. The number of halogens is 4. The van der Waals surface area contributed by atoms with Gasteiger partial charge in [-0.25, -0.2) is 9.48 Å². The molecule has 0 atom stereocenters. The molecule has 2 rings (SSSR count). The molecule has 0 aliphatic rings. The third-order valence-corrected chi connectivity index (χ3v) is 3.93. The van der Waals surface area contributed by atoms with Gasteiger partial charge in [0.15, 0.2) is 0 Å². The lowest BCUT2D eigenvalue weighted by atomic mass is 10.4. The average molecular weight is 355 g/mol. The van der Waals surface area contributed by atoms with Crippen molar-refractivity contribution in [2.24, 2.45) is 7.05 Å². The summed E-state index contributed by atoms with van der Waals surface area (Å²) in [5.74, 6) is -1.70. The number of aromatic nitrogens is 3. The zero-order valence-corrected chi connectivity index (χ0v) is 12.7. The molecule has 0 fully saturated rings. The van der Waals surface area contributed by atoms with Crippen LogP contribution in [0.4, 0.5) is 13.2 Å². The predicted octanol–water partition coefficient (Wildman–Crippen LogP) is 1.75. The molecule has 0 aromatic carbocycles. The van der Waals surface area contributed by atoms with Crippen LogP contribution in [-0.2, 0) is 19.8 Å². The molecule has 0 radical (unpaired) electrons. The van der Waals surface area contributed by atoms with E-state index in [-0.39, 0.29) is 13.1 Å². The van der Waals surface area contributed by atoms with E-state index in [2.05, 4.69) is 10.4 Å². The van der Waals surface area contributed by atoms with Gasteiger partial charge in [0.25, 0.3) is 5.91 Å². The van der Waals surface area contributed by atoms with Gasteiger partial charge in [0.05, 0.1) is 15.8 Å². The van der Waals surface area contributed by atoms with Crippen LogP contribution in [0.3, 0.4) is 0 Å². The normalized spacial score (nSPS) is 11.7. The summed E-state index contributed by atoms with van der Waals surface area (Å²) in [6, 6.07) is 3.08. The average Bonchev–Trinajstić information content (AvgIpc) is 2.96. The molecule has 120 valence electrons. The van der Waals surface area contributed by atoms with E-state index in [0.717, 1.165) is 18.4 Å². The monoisotopic (exact) mass is 354 g/mol. The Hall–Kier alpha value is -1.81. The van der Waals surface area contributed by atoms with Crippen molar-refractivity contribution in [3.8, 4) is 0 Å². The van der Waals surface area contributed by atoms with E-state index in [9.17, 15) is 22.8 Å². The molecule has 22 heavy (non-hydrogen) atoms. The van der Waals surface area contributed by atoms with Crippen LogP contribution in [-0.4, -0.2) is 26.8 Å². The molecule has 2 aromatic rings. The van der Waals surface area contributed by atoms with Crippen molar-refractivity contribution in [1.29, 1.82) is 0 Å². The first kappa shape index (κ1) is 16.6. The smallest absolute Gasteiger partial charge is 0.349 e. The second kappa shape index (κ2) is 6.13. The number of rotatable bonds is 4. The molecule has 0 aliphatic carbocycles. The molecule has 0 aliphatic heterocycles. The van der Waals surface area contributed by atoms with Crippen LogP contribution in [0, 0.1) is 0 Å². The summed E-state index contributed by atoms with van der Waals surface area (Å²) in [5.41, 5.74) is -0.902. The first-order valence-corrected chi connectivity index (χ1v) is 7.14. The number of hydrogen-bond donors (Lipinski definition) is 1. The zero-order chi connectivity index (χ0) is 16.5. The maximum Gasteiger partial charge on any atom is 0.451 e. The molecular weight excluding hydrogens is 345 g/mol. The van der Waals surface area contributed by atoms with Crippen LogP contribution in [0.25, 0.3) is 0 Å². The summed E-state index contributed by atoms with van der Waals surface area (Å²) in [5, 5.41) is 5.70. The minimum absolute atomic E-state index is 0.0391. The Balaban J connectivity index is 2.01. The lowest BCUT2D eigenvalue weighted by Gasteiger charge is -2.03. The Morgan fingerprint density at radius 1 is 1.45 bits per heavy atom. The van der Waals surface area contributed by atoms with E-state index < -0.39 is 23.6 Å². The van der Waals surface area contributed by atoms with Gasteiger partial charge in [-0.15, -0.1) is 16.4 Å². The fraction of sp³-hybridized carbons (Fsp3) is 0.364. The van der Waals surface area contributed by atoms with Gasteiger partial charge in [-0.3, -0.25) is 9.36 Å². The topological polar surface area (TPSA) is 68.9 Å². The van der Waals surface area contributed by atoms with Gasteiger partial charge in [-0.2, -0.15) is 13.2 Å². The van der Waals surface area contributed by atoms with Gasteiger partial charge in [0.2, 0.25) is 5.82 Å². The highest BCUT2D eigenvalue weighted by Crippen LogP contribution is 2.26. The number of carbonyl (C=O) groups is 1. The van der Waals surface area contributed by atoms with Crippen molar-refractivity contribution >= 4 is 28.8 Å². The molecule has 0 saturated heterocycles. The Morgan fingerprint density at radius 2 is 2.14 bits per heavy atom. The van der Waals surface area contributed by atoms with Crippen molar-refractivity contribution in [1.82, 2.24) is 19.7 Å². The Labute approximate surface area is 131 Å². The first-order chi connectivity index (χ1) is 10.2. The predicted molar refractivity (Wildman–Crippen MR) is 74.1 cm³/mol. The Bertz CT molecular complexity index is 749. The highest BCUT2D eigenvalue weighted by Gasteiger charge is 2.37. The summed E-state index contributed by atoms with van der Waals surface area (Å²) in [6.45, 7) is -0.212. The quantitative estimate of drug-likeness (QED) is 0.909. The fourth-order valence-corrected chi connectivity index (χ4v) is 2.64. The van der Waals surface area contributed by atoms with Crippen LogP contribution in [0.15, 0.2) is 16.9 Å². The van der Waals surface area contributed by atoms with E-state index >= 15 is 0 Å². The third-order valence-electron chi connectivity index (χ3n) is 2.70. The molecule has 1 amide bonds. The summed E-state index contributed by atoms with van der Waals surface area (Å²) >= 11 is 6.76. The van der Waals surface area contributed by atoms with Gasteiger partial charge in [0.1, 0.15) is 0 Å². The third kappa shape index (κ3) is 3.50. The van der Waals surface area contributed by atoms with E-state index in [4.69, 9.17) is 11.6 Å². The van der Waals surface area contributed by atoms with E-state index in [0.29, 0.717) is 18.5 Å². The second-order valence-corrected chi connectivity index (χ2v) is 5.96. The minimum atomic E-state index is -4.71. The van der Waals surface area contributed by atoms with Gasteiger partial charge in [-0.05, 0) is 12.1 Å². The molecule has 0 saturated carbocycles.